The third kappa shape index (κ3) is 1.93. The third-order valence-corrected chi connectivity index (χ3v) is 2.82. The van der Waals surface area contributed by atoms with Gasteiger partial charge in [0, 0.05) is 0 Å². The second-order valence-electron chi connectivity index (χ2n) is 4.14. The van der Waals surface area contributed by atoms with Gasteiger partial charge in [0.25, 0.3) is 5.91 Å². The number of nitrogens with one attached hydrogen (secondary N) is 1. The zero-order chi connectivity index (χ0) is 12.6. The Morgan fingerprint density at radius 2 is 1.88 bits per heavy atom. The minimum atomic E-state index is -0.597. The van der Waals surface area contributed by atoms with Crippen molar-refractivity contribution >= 4 is 11.7 Å². The summed E-state index contributed by atoms with van der Waals surface area (Å²) in [7, 11) is 0. The van der Waals surface area contributed by atoms with E-state index >= 15 is 0 Å². The van der Waals surface area contributed by atoms with Crippen molar-refractivity contribution in [2.24, 2.45) is 0 Å². The molecule has 0 unspecified atom stereocenters. The third-order valence-electron chi connectivity index (χ3n) is 2.82. The first kappa shape index (κ1) is 11.4. The van der Waals surface area contributed by atoms with Crippen molar-refractivity contribution in [1.29, 1.82) is 0 Å². The first-order valence-corrected chi connectivity index (χ1v) is 5.32. The van der Waals surface area contributed by atoms with Gasteiger partial charge in [-0.15, -0.1) is 0 Å². The second kappa shape index (κ2) is 4.05. The quantitative estimate of drug-likeness (QED) is 0.811. The van der Waals surface area contributed by atoms with E-state index in [0.29, 0.717) is 0 Å². The maximum atomic E-state index is 11.4. The monoisotopic (exact) mass is 231 g/mol. The summed E-state index contributed by atoms with van der Waals surface area (Å²) < 4.78 is 0. The van der Waals surface area contributed by atoms with Gasteiger partial charge in [-0.2, -0.15) is 0 Å². The highest BCUT2D eigenvalue weighted by Crippen LogP contribution is 2.29. The number of carbonyl (C=O) groups excluding carboxylic acids is 2. The maximum Gasteiger partial charge on any atom is 0.287 e. The van der Waals surface area contributed by atoms with Crippen LogP contribution in [0.4, 0.5) is 0 Å². The fourth-order valence-electron chi connectivity index (χ4n) is 1.91. The topological polar surface area (TPSA) is 66.4 Å². The van der Waals surface area contributed by atoms with Gasteiger partial charge in [-0.25, -0.2) is 0 Å². The van der Waals surface area contributed by atoms with Crippen molar-refractivity contribution in [3.63, 3.8) is 0 Å². The highest BCUT2D eigenvalue weighted by atomic mass is 16.3. The van der Waals surface area contributed by atoms with Crippen molar-refractivity contribution in [1.82, 2.24) is 5.32 Å². The minimum absolute atomic E-state index is 0.138. The van der Waals surface area contributed by atoms with Gasteiger partial charge in [0.1, 0.15) is 0 Å². The van der Waals surface area contributed by atoms with Crippen LogP contribution in [-0.4, -0.2) is 16.8 Å². The number of aliphatic hydroxyl groups excluding tert-OH is 1. The number of amides is 1. The molecule has 0 radical (unpaired) electrons. The van der Waals surface area contributed by atoms with E-state index in [1.54, 1.807) is 0 Å². The van der Waals surface area contributed by atoms with E-state index in [4.69, 9.17) is 0 Å². The zero-order valence-electron chi connectivity index (χ0n) is 9.65. The molecule has 0 saturated heterocycles. The lowest BCUT2D eigenvalue weighted by Gasteiger charge is -2.13. The molecule has 2 rings (SSSR count). The number of hydrogen-bond donors (Lipinski definition) is 2. The molecule has 1 aromatic rings. The number of benzene rings is 1. The molecule has 4 nitrogen and oxygen atoms in total. The Hall–Kier alpha value is -2.10. The van der Waals surface area contributed by atoms with Gasteiger partial charge in [-0.05, 0) is 19.4 Å². The maximum absolute atomic E-state index is 11.4. The van der Waals surface area contributed by atoms with Crippen LogP contribution in [0, 0.1) is 6.92 Å². The zero-order valence-corrected chi connectivity index (χ0v) is 9.65. The Morgan fingerprint density at radius 1 is 1.29 bits per heavy atom. The van der Waals surface area contributed by atoms with Crippen molar-refractivity contribution < 1.29 is 14.7 Å². The Balaban J connectivity index is 2.44. The van der Waals surface area contributed by atoms with Gasteiger partial charge in [0.05, 0.1) is 11.6 Å². The highest BCUT2D eigenvalue weighted by Gasteiger charge is 2.35. The summed E-state index contributed by atoms with van der Waals surface area (Å²) in [6.45, 7) is 3.29. The summed E-state index contributed by atoms with van der Waals surface area (Å²) in [5.74, 6) is -1.37. The predicted octanol–water partition coefficient (Wildman–Crippen LogP) is 1.57. The molecule has 88 valence electrons. The summed E-state index contributed by atoms with van der Waals surface area (Å²) in [6.07, 6.45) is 0. The summed E-state index contributed by atoms with van der Waals surface area (Å²) in [5, 5.41) is 12.1. The van der Waals surface area contributed by atoms with Crippen LogP contribution in [0.15, 0.2) is 35.6 Å². The van der Waals surface area contributed by atoms with Crippen molar-refractivity contribution in [3.05, 3.63) is 46.7 Å². The molecule has 17 heavy (non-hydrogen) atoms. The molecule has 1 amide bonds. The first-order valence-electron chi connectivity index (χ1n) is 5.32. The number of carbonyl (C=O) groups is 2. The van der Waals surface area contributed by atoms with Gasteiger partial charge in [0.2, 0.25) is 0 Å². The van der Waals surface area contributed by atoms with E-state index < -0.39 is 17.7 Å². The van der Waals surface area contributed by atoms with Crippen molar-refractivity contribution in [3.8, 4) is 0 Å². The molecule has 0 aromatic heterocycles. The van der Waals surface area contributed by atoms with E-state index in [2.05, 4.69) is 5.32 Å². The molecule has 1 aromatic carbocycles. The van der Waals surface area contributed by atoms with Crippen LogP contribution in [0.2, 0.25) is 0 Å². The first-order chi connectivity index (χ1) is 8.00. The molecule has 0 saturated carbocycles. The SMILES string of the molecule is CC(=O)C1=C(O)C(=O)N[C@@H]1c1ccc(C)cc1. The molecule has 1 heterocycles. The molecule has 1 atom stereocenters. The average Bonchev–Trinajstić information content (AvgIpc) is 2.56. The fraction of sp³-hybridized carbons (Fsp3) is 0.231. The number of rotatable bonds is 2. The summed E-state index contributed by atoms with van der Waals surface area (Å²) >= 11 is 0. The standard InChI is InChI=1S/C13H13NO3/c1-7-3-5-9(6-4-7)11-10(8(2)15)12(16)13(17)14-11/h3-6,11,16H,1-2H3,(H,14,17)/t11-/m1/s1. The van der Waals surface area contributed by atoms with Crippen LogP contribution < -0.4 is 5.32 Å². The Bertz CT molecular complexity index is 514. The van der Waals surface area contributed by atoms with E-state index in [1.165, 1.54) is 6.92 Å². The Kier molecular flexibility index (Phi) is 2.71. The predicted molar refractivity (Wildman–Crippen MR) is 62.4 cm³/mol. The van der Waals surface area contributed by atoms with Crippen LogP contribution in [0.5, 0.6) is 0 Å². The minimum Gasteiger partial charge on any atom is -0.503 e. The Labute approximate surface area is 99.0 Å². The smallest absolute Gasteiger partial charge is 0.287 e. The van der Waals surface area contributed by atoms with Gasteiger partial charge in [-0.1, -0.05) is 29.8 Å². The van der Waals surface area contributed by atoms with Crippen LogP contribution in [0.3, 0.4) is 0 Å². The molecular weight excluding hydrogens is 218 g/mol. The molecule has 0 aliphatic carbocycles. The van der Waals surface area contributed by atoms with Crippen LogP contribution >= 0.6 is 0 Å². The lowest BCUT2D eigenvalue weighted by molar-refractivity contribution is -0.119. The molecule has 1 aliphatic rings. The number of hydrogen-bond acceptors (Lipinski definition) is 3. The number of Topliss-reactive ketones (excluding diaryl/α,β-unsaturated/α-hetero) is 1. The lowest BCUT2D eigenvalue weighted by Crippen LogP contribution is -2.23. The average molecular weight is 231 g/mol. The molecule has 0 bridgehead atoms. The molecule has 0 fully saturated rings. The molecular formula is C13H13NO3. The number of ketones is 1. The van der Waals surface area contributed by atoms with E-state index in [-0.39, 0.29) is 11.4 Å². The normalized spacial score (nSPS) is 19.4. The number of aliphatic hydroxyl groups is 1. The Morgan fingerprint density at radius 3 is 2.41 bits per heavy atom. The van der Waals surface area contributed by atoms with Crippen LogP contribution in [-0.2, 0) is 9.59 Å². The van der Waals surface area contributed by atoms with E-state index in [0.717, 1.165) is 11.1 Å². The van der Waals surface area contributed by atoms with E-state index in [1.807, 2.05) is 31.2 Å². The summed E-state index contributed by atoms with van der Waals surface area (Å²) in [5.41, 5.74) is 2.02. The highest BCUT2D eigenvalue weighted by molar-refractivity contribution is 6.08. The molecule has 0 spiro atoms. The fourth-order valence-corrected chi connectivity index (χ4v) is 1.91. The molecule has 4 heteroatoms. The van der Waals surface area contributed by atoms with Gasteiger partial charge < -0.3 is 10.4 Å². The van der Waals surface area contributed by atoms with E-state index in [9.17, 15) is 14.7 Å². The lowest BCUT2D eigenvalue weighted by atomic mass is 9.97. The summed E-state index contributed by atoms with van der Waals surface area (Å²) in [6, 6.07) is 6.92. The van der Waals surface area contributed by atoms with Crippen LogP contribution in [0.25, 0.3) is 0 Å². The van der Waals surface area contributed by atoms with Gasteiger partial charge in [-0.3, -0.25) is 9.59 Å². The van der Waals surface area contributed by atoms with Crippen LogP contribution in [0.1, 0.15) is 24.1 Å². The molecule has 1 aliphatic heterocycles. The van der Waals surface area contributed by atoms with Crippen molar-refractivity contribution in [2.45, 2.75) is 19.9 Å². The second-order valence-corrected chi connectivity index (χ2v) is 4.14. The largest absolute Gasteiger partial charge is 0.503 e. The van der Waals surface area contributed by atoms with Gasteiger partial charge in [0.15, 0.2) is 11.5 Å². The molecule has 2 N–H and O–H groups in total. The van der Waals surface area contributed by atoms with Crippen molar-refractivity contribution in [2.75, 3.05) is 0 Å². The summed E-state index contributed by atoms with van der Waals surface area (Å²) in [4.78, 5) is 22.8. The number of aryl methyl sites for hydroxylation is 1. The van der Waals surface area contributed by atoms with Gasteiger partial charge >= 0.3 is 0 Å².